The van der Waals surface area contributed by atoms with Gasteiger partial charge in [0.1, 0.15) is 12.2 Å². The third-order valence-electron chi connectivity index (χ3n) is 3.96. The van der Waals surface area contributed by atoms with E-state index in [1.165, 1.54) is 13.8 Å². The van der Waals surface area contributed by atoms with Crippen LogP contribution >= 0.6 is 0 Å². The van der Waals surface area contributed by atoms with Gasteiger partial charge in [0.05, 0.1) is 26.4 Å². The molecule has 22 heavy (non-hydrogen) atoms. The molecule has 8 nitrogen and oxygen atoms in total. The van der Waals surface area contributed by atoms with Gasteiger partial charge >= 0.3 is 11.9 Å². The fourth-order valence-corrected chi connectivity index (χ4v) is 2.57. The van der Waals surface area contributed by atoms with Gasteiger partial charge in [-0.1, -0.05) is 0 Å². The molecule has 4 bridgehead atoms. The number of esters is 2. The summed E-state index contributed by atoms with van der Waals surface area (Å²) in [6.45, 7) is 3.79. The van der Waals surface area contributed by atoms with Gasteiger partial charge < -0.3 is 28.4 Å². The Balaban J connectivity index is 1.76. The second-order valence-electron chi connectivity index (χ2n) is 5.80. The second-order valence-corrected chi connectivity index (χ2v) is 5.80. The van der Waals surface area contributed by atoms with E-state index in [4.69, 9.17) is 28.4 Å². The van der Waals surface area contributed by atoms with Crippen molar-refractivity contribution in [2.75, 3.05) is 26.4 Å². The van der Waals surface area contributed by atoms with Gasteiger partial charge in [-0.05, 0) is 12.8 Å². The molecule has 0 saturated carbocycles. The maximum absolute atomic E-state index is 12.1. The predicted molar refractivity (Wildman–Crippen MR) is 69.6 cm³/mol. The number of cyclic esters (lactones) is 2. The molecule has 4 atom stereocenters. The largest absolute Gasteiger partial charge is 0.462 e. The van der Waals surface area contributed by atoms with Crippen LogP contribution in [0.25, 0.3) is 0 Å². The Morgan fingerprint density at radius 3 is 1.64 bits per heavy atom. The highest BCUT2D eigenvalue weighted by Crippen LogP contribution is 2.33. The SMILES string of the molecule is CC12OCC(O1)C1COC(C)(O1)C(=O)OCCCCOC2=O. The average Bonchev–Trinajstić information content (AvgIpc) is 3.07. The molecule has 0 aromatic carbocycles. The summed E-state index contributed by atoms with van der Waals surface area (Å²) < 4.78 is 32.5. The van der Waals surface area contributed by atoms with Crippen LogP contribution in [0.5, 0.6) is 0 Å². The zero-order valence-corrected chi connectivity index (χ0v) is 12.7. The molecule has 124 valence electrons. The molecule has 0 aliphatic carbocycles. The molecule has 0 spiro atoms. The summed E-state index contributed by atoms with van der Waals surface area (Å²) in [6.07, 6.45) is 0.101. The normalized spacial score (nSPS) is 43.4. The average molecular weight is 316 g/mol. The standard InChI is InChI=1S/C14H20O8/c1-13-11(15)17-5-3-4-6-18-12(16)14(2)20-8-10(22-14)9(21-13)7-19-13/h9-10H,3-8H2,1-2H3. The molecule has 0 N–H and O–H groups in total. The van der Waals surface area contributed by atoms with Crippen LogP contribution in [0, 0.1) is 0 Å². The first kappa shape index (κ1) is 15.7. The fraction of sp³-hybridized carbons (Fsp3) is 0.857. The van der Waals surface area contributed by atoms with Crippen LogP contribution in [0.3, 0.4) is 0 Å². The quantitative estimate of drug-likeness (QED) is 0.583. The molecular formula is C14H20O8. The third kappa shape index (κ3) is 2.83. The number of ether oxygens (including phenoxy) is 6. The minimum absolute atomic E-state index is 0.157. The van der Waals surface area contributed by atoms with Crippen molar-refractivity contribution < 1.29 is 38.0 Å². The molecule has 3 fully saturated rings. The van der Waals surface area contributed by atoms with Crippen LogP contribution < -0.4 is 0 Å². The Morgan fingerprint density at radius 2 is 1.23 bits per heavy atom. The maximum Gasteiger partial charge on any atom is 0.366 e. The van der Waals surface area contributed by atoms with Crippen molar-refractivity contribution in [1.29, 1.82) is 0 Å². The number of fused-ring (bicyclic) bond motifs is 5. The summed E-state index contributed by atoms with van der Waals surface area (Å²) in [5.74, 6) is -4.02. The van der Waals surface area contributed by atoms with E-state index in [0.717, 1.165) is 0 Å². The smallest absolute Gasteiger partial charge is 0.366 e. The Hall–Kier alpha value is -1.22. The monoisotopic (exact) mass is 316 g/mol. The lowest BCUT2D eigenvalue weighted by Crippen LogP contribution is -2.43. The number of hydrogen-bond acceptors (Lipinski definition) is 8. The van der Waals surface area contributed by atoms with Gasteiger partial charge in [-0.3, -0.25) is 0 Å². The zero-order valence-electron chi connectivity index (χ0n) is 12.7. The molecule has 4 unspecified atom stereocenters. The summed E-state index contributed by atoms with van der Waals surface area (Å²) in [5, 5.41) is 0. The van der Waals surface area contributed by atoms with E-state index in [2.05, 4.69) is 0 Å². The lowest BCUT2D eigenvalue weighted by atomic mass is 10.2. The molecule has 3 aliphatic rings. The first-order valence-corrected chi connectivity index (χ1v) is 7.41. The van der Waals surface area contributed by atoms with Crippen LogP contribution in [0.4, 0.5) is 0 Å². The lowest BCUT2D eigenvalue weighted by Gasteiger charge is -2.24. The number of rotatable bonds is 0. The van der Waals surface area contributed by atoms with Gasteiger partial charge in [-0.25, -0.2) is 9.59 Å². The first-order valence-electron chi connectivity index (χ1n) is 7.41. The van der Waals surface area contributed by atoms with Gasteiger partial charge in [0.25, 0.3) is 11.6 Å². The molecule has 0 amide bonds. The molecule has 0 aromatic heterocycles. The molecule has 3 heterocycles. The van der Waals surface area contributed by atoms with Crippen molar-refractivity contribution in [3.05, 3.63) is 0 Å². The van der Waals surface area contributed by atoms with Crippen molar-refractivity contribution in [3.63, 3.8) is 0 Å². The van der Waals surface area contributed by atoms with Crippen LogP contribution in [-0.2, 0) is 38.0 Å². The van der Waals surface area contributed by atoms with Gasteiger partial charge in [-0.2, -0.15) is 0 Å². The minimum Gasteiger partial charge on any atom is -0.462 e. The van der Waals surface area contributed by atoms with Crippen LogP contribution in [0.1, 0.15) is 26.7 Å². The van der Waals surface area contributed by atoms with Crippen molar-refractivity contribution in [3.8, 4) is 0 Å². The maximum atomic E-state index is 12.1. The first-order chi connectivity index (χ1) is 10.4. The topological polar surface area (TPSA) is 89.5 Å². The van der Waals surface area contributed by atoms with Crippen molar-refractivity contribution in [2.24, 2.45) is 0 Å². The third-order valence-corrected chi connectivity index (χ3v) is 3.96. The van der Waals surface area contributed by atoms with E-state index in [1.54, 1.807) is 0 Å². The lowest BCUT2D eigenvalue weighted by molar-refractivity contribution is -0.220. The molecule has 3 saturated heterocycles. The van der Waals surface area contributed by atoms with Crippen LogP contribution in [-0.4, -0.2) is 62.1 Å². The Bertz CT molecular complexity index is 424. The molecule has 0 aromatic rings. The highest BCUT2D eigenvalue weighted by Gasteiger charge is 2.54. The van der Waals surface area contributed by atoms with Gasteiger partial charge in [0.15, 0.2) is 0 Å². The molecule has 3 aliphatic heterocycles. The van der Waals surface area contributed by atoms with Crippen molar-refractivity contribution >= 4 is 11.9 Å². The van der Waals surface area contributed by atoms with Crippen LogP contribution in [0.15, 0.2) is 0 Å². The summed E-state index contributed by atoms with van der Waals surface area (Å²) in [5.41, 5.74) is 0. The summed E-state index contributed by atoms with van der Waals surface area (Å²) in [6, 6.07) is 0. The summed E-state index contributed by atoms with van der Waals surface area (Å²) in [7, 11) is 0. The van der Waals surface area contributed by atoms with Crippen molar-refractivity contribution in [1.82, 2.24) is 0 Å². The minimum atomic E-state index is -1.45. The Kier molecular flexibility index (Phi) is 4.11. The van der Waals surface area contributed by atoms with Gasteiger partial charge in [-0.15, -0.1) is 0 Å². The van der Waals surface area contributed by atoms with Gasteiger partial charge in [0, 0.05) is 13.8 Å². The molecule has 8 heteroatoms. The zero-order chi connectivity index (χ0) is 15.8. The van der Waals surface area contributed by atoms with E-state index < -0.39 is 35.7 Å². The fourth-order valence-electron chi connectivity index (χ4n) is 2.57. The van der Waals surface area contributed by atoms with Crippen molar-refractivity contribution in [2.45, 2.75) is 50.5 Å². The van der Waals surface area contributed by atoms with E-state index >= 15 is 0 Å². The van der Waals surface area contributed by atoms with E-state index in [1.807, 2.05) is 0 Å². The summed E-state index contributed by atoms with van der Waals surface area (Å²) >= 11 is 0. The highest BCUT2D eigenvalue weighted by atomic mass is 16.8. The number of carbonyl (C=O) groups is 2. The number of carbonyl (C=O) groups excluding carboxylic acids is 2. The predicted octanol–water partition coefficient (Wildman–Crippen LogP) is 0.130. The highest BCUT2D eigenvalue weighted by molar-refractivity contribution is 5.78. The van der Waals surface area contributed by atoms with E-state index in [0.29, 0.717) is 12.8 Å². The Labute approximate surface area is 127 Å². The Morgan fingerprint density at radius 1 is 0.818 bits per heavy atom. The van der Waals surface area contributed by atoms with E-state index in [-0.39, 0.29) is 26.4 Å². The summed E-state index contributed by atoms with van der Waals surface area (Å²) in [4.78, 5) is 24.1. The molecular weight excluding hydrogens is 296 g/mol. The molecule has 0 radical (unpaired) electrons. The van der Waals surface area contributed by atoms with E-state index in [9.17, 15) is 9.59 Å². The number of hydrogen-bond donors (Lipinski definition) is 0. The molecule has 3 rings (SSSR count). The van der Waals surface area contributed by atoms with Gasteiger partial charge in [0.2, 0.25) is 0 Å². The van der Waals surface area contributed by atoms with Crippen LogP contribution in [0.2, 0.25) is 0 Å². The second kappa shape index (κ2) is 5.77.